The van der Waals surface area contributed by atoms with Crippen molar-refractivity contribution in [3.05, 3.63) is 124 Å². The van der Waals surface area contributed by atoms with Crippen molar-refractivity contribution in [2.45, 2.75) is 58.3 Å². The highest BCUT2D eigenvalue weighted by Crippen LogP contribution is 2.44. The smallest absolute Gasteiger partial charge is 0.326 e. The summed E-state index contributed by atoms with van der Waals surface area (Å²) in [6, 6.07) is 28.7. The normalized spacial score (nSPS) is 12.6. The minimum absolute atomic E-state index is 0.212. The first-order valence-corrected chi connectivity index (χ1v) is 14.7. The van der Waals surface area contributed by atoms with Gasteiger partial charge in [-0.1, -0.05) is 118 Å². The molecule has 0 heterocycles. The molecule has 4 aromatic rings. The van der Waals surface area contributed by atoms with Crippen LogP contribution in [0.2, 0.25) is 0 Å². The minimum atomic E-state index is -1.36. The van der Waals surface area contributed by atoms with Crippen molar-refractivity contribution in [3.63, 3.8) is 0 Å². The number of carbonyl (C=O) groups excluding carboxylic acids is 2. The summed E-state index contributed by atoms with van der Waals surface area (Å²) >= 11 is 3.50. The van der Waals surface area contributed by atoms with Gasteiger partial charge in [0.1, 0.15) is 17.2 Å². The Morgan fingerprint density at radius 2 is 1.05 bits per heavy atom. The van der Waals surface area contributed by atoms with E-state index in [1.807, 2.05) is 90.1 Å². The van der Waals surface area contributed by atoms with Gasteiger partial charge in [0, 0.05) is 10.4 Å². The van der Waals surface area contributed by atoms with Gasteiger partial charge in [-0.15, -0.1) is 0 Å². The lowest BCUT2D eigenvalue weighted by Gasteiger charge is -2.31. The molecule has 1 N–H and O–H groups in total. The zero-order valence-corrected chi connectivity index (χ0v) is 26.4. The summed E-state index contributed by atoms with van der Waals surface area (Å²) in [5.74, 6) is -2.76. The van der Waals surface area contributed by atoms with Crippen molar-refractivity contribution >= 4 is 27.9 Å². The second kappa shape index (κ2) is 12.5. The van der Waals surface area contributed by atoms with Crippen LogP contribution >= 0.6 is 15.9 Å². The highest BCUT2D eigenvalue weighted by Gasteiger charge is 2.42. The molecule has 42 heavy (non-hydrogen) atoms. The second-order valence-electron chi connectivity index (χ2n) is 12.4. The first-order chi connectivity index (χ1) is 19.8. The van der Waals surface area contributed by atoms with Crippen molar-refractivity contribution in [1.82, 2.24) is 0 Å². The first-order valence-electron chi connectivity index (χ1n) is 13.9. The van der Waals surface area contributed by atoms with Gasteiger partial charge in [0.05, 0.1) is 0 Å². The summed E-state index contributed by atoms with van der Waals surface area (Å²) in [5, 5.41) is 11.4. The summed E-state index contributed by atoms with van der Waals surface area (Å²) < 4.78 is 12.5. The highest BCUT2D eigenvalue weighted by molar-refractivity contribution is 9.10. The number of phenolic OH excluding ortho intramolecular Hbond substituents is 1. The van der Waals surface area contributed by atoms with Gasteiger partial charge in [-0.2, -0.15) is 0 Å². The van der Waals surface area contributed by atoms with Crippen molar-refractivity contribution in [1.29, 1.82) is 0 Å². The van der Waals surface area contributed by atoms with Gasteiger partial charge in [0.25, 0.3) is 0 Å². The summed E-state index contributed by atoms with van der Waals surface area (Å²) in [4.78, 5) is 28.1. The molecule has 5 nitrogen and oxygen atoms in total. The average Bonchev–Trinajstić information content (AvgIpc) is 2.92. The number of aromatic hydroxyl groups is 1. The van der Waals surface area contributed by atoms with E-state index in [-0.39, 0.29) is 5.75 Å². The minimum Gasteiger partial charge on any atom is -0.507 e. The molecular weight excluding hydrogens is 592 g/mol. The molecule has 0 saturated heterocycles. The van der Waals surface area contributed by atoms with Crippen LogP contribution in [0, 0.1) is 5.92 Å². The van der Waals surface area contributed by atoms with Crippen LogP contribution < -0.4 is 9.47 Å². The third-order valence-electron chi connectivity index (χ3n) is 7.10. The van der Waals surface area contributed by atoms with Crippen molar-refractivity contribution in [2.75, 3.05) is 0 Å². The molecule has 4 rings (SSSR count). The predicted octanol–water partition coefficient (Wildman–Crippen LogP) is 8.71. The molecule has 0 aliphatic carbocycles. The molecule has 4 aromatic carbocycles. The quantitative estimate of drug-likeness (QED) is 0.126. The largest absolute Gasteiger partial charge is 0.507 e. The molecule has 0 radical (unpaired) electrons. The van der Waals surface area contributed by atoms with Gasteiger partial charge in [0.15, 0.2) is 5.92 Å². The number of esters is 2. The van der Waals surface area contributed by atoms with E-state index in [0.29, 0.717) is 17.1 Å². The molecule has 0 aromatic heterocycles. The van der Waals surface area contributed by atoms with E-state index in [1.165, 1.54) is 0 Å². The zero-order valence-electron chi connectivity index (χ0n) is 24.9. The van der Waals surface area contributed by atoms with Crippen LogP contribution in [0.5, 0.6) is 17.2 Å². The predicted molar refractivity (Wildman–Crippen MR) is 169 cm³/mol. The lowest BCUT2D eigenvalue weighted by Crippen LogP contribution is -2.37. The number of hydrogen-bond donors (Lipinski definition) is 1. The maximum atomic E-state index is 14.0. The number of para-hydroxylation sites is 2. The van der Waals surface area contributed by atoms with Gasteiger partial charge in [0.2, 0.25) is 0 Å². The molecule has 0 aliphatic heterocycles. The summed E-state index contributed by atoms with van der Waals surface area (Å²) in [6.07, 6.45) is 0. The van der Waals surface area contributed by atoms with E-state index in [9.17, 15) is 14.7 Å². The fourth-order valence-electron chi connectivity index (χ4n) is 4.93. The SMILES string of the molecule is CC(C)(C)c1cc([C@@H](c2ccc(Br)cc2)C(C(=O)Oc2ccccc2)C(=O)Oc2ccccc2)cc(C(C)(C)C)c1O. The van der Waals surface area contributed by atoms with Crippen LogP contribution in [-0.2, 0) is 20.4 Å². The van der Waals surface area contributed by atoms with Crippen LogP contribution in [0.25, 0.3) is 0 Å². The fourth-order valence-corrected chi connectivity index (χ4v) is 5.20. The highest BCUT2D eigenvalue weighted by atomic mass is 79.9. The molecular formula is C36H37BrO5. The van der Waals surface area contributed by atoms with Gasteiger partial charge in [-0.3, -0.25) is 9.59 Å². The lowest BCUT2D eigenvalue weighted by molar-refractivity contribution is -0.152. The van der Waals surface area contributed by atoms with E-state index < -0.39 is 34.6 Å². The Morgan fingerprint density at radius 1 is 0.643 bits per heavy atom. The van der Waals surface area contributed by atoms with Gasteiger partial charge in [-0.05, 0) is 69.5 Å². The topological polar surface area (TPSA) is 72.8 Å². The molecule has 6 heteroatoms. The first kappa shape index (κ1) is 31.0. The van der Waals surface area contributed by atoms with Gasteiger partial charge >= 0.3 is 11.9 Å². The third kappa shape index (κ3) is 7.29. The molecule has 0 spiro atoms. The number of hydrogen-bond acceptors (Lipinski definition) is 5. The Labute approximate surface area is 256 Å². The van der Waals surface area contributed by atoms with Gasteiger partial charge in [-0.25, -0.2) is 0 Å². The number of rotatable bonds is 7. The standard InChI is InChI=1S/C36H37BrO5/c1-35(2,3)28-21-24(22-29(32(28)38)36(4,5)6)30(23-17-19-25(37)20-18-23)31(33(39)41-26-13-9-7-10-14-26)34(40)42-27-15-11-8-12-16-27/h7-22,30-31,38H,1-6H3/t30-/m1/s1. The number of carbonyl (C=O) groups is 2. The van der Waals surface area contributed by atoms with E-state index in [0.717, 1.165) is 21.2 Å². The Hall–Kier alpha value is -3.90. The lowest BCUT2D eigenvalue weighted by atomic mass is 9.73. The summed E-state index contributed by atoms with van der Waals surface area (Å²) in [7, 11) is 0. The molecule has 0 aliphatic rings. The van der Waals surface area contributed by atoms with Crippen molar-refractivity contribution in [2.24, 2.45) is 5.92 Å². The Kier molecular flexibility index (Phi) is 9.27. The molecule has 0 fully saturated rings. The van der Waals surface area contributed by atoms with Crippen LogP contribution in [-0.4, -0.2) is 17.0 Å². The number of ether oxygens (including phenoxy) is 2. The van der Waals surface area contributed by atoms with E-state index >= 15 is 0 Å². The Balaban J connectivity index is 1.97. The van der Waals surface area contributed by atoms with Crippen LogP contribution in [0.15, 0.2) is 102 Å². The van der Waals surface area contributed by atoms with Crippen molar-refractivity contribution < 1.29 is 24.2 Å². The molecule has 218 valence electrons. The van der Waals surface area contributed by atoms with E-state index in [2.05, 4.69) is 15.9 Å². The van der Waals surface area contributed by atoms with Crippen LogP contribution in [0.3, 0.4) is 0 Å². The van der Waals surface area contributed by atoms with Crippen LogP contribution in [0.1, 0.15) is 69.7 Å². The maximum Gasteiger partial charge on any atom is 0.326 e. The third-order valence-corrected chi connectivity index (χ3v) is 7.63. The molecule has 0 saturated carbocycles. The van der Waals surface area contributed by atoms with E-state index in [4.69, 9.17) is 9.47 Å². The molecule has 1 atom stereocenters. The summed E-state index contributed by atoms with van der Waals surface area (Å²) in [6.45, 7) is 12.2. The second-order valence-corrected chi connectivity index (χ2v) is 13.4. The Bertz CT molecular complexity index is 1440. The monoisotopic (exact) mass is 628 g/mol. The number of phenols is 1. The van der Waals surface area contributed by atoms with Crippen LogP contribution in [0.4, 0.5) is 0 Å². The summed E-state index contributed by atoms with van der Waals surface area (Å²) in [5.41, 5.74) is 2.02. The fraction of sp³-hybridized carbons (Fsp3) is 0.278. The van der Waals surface area contributed by atoms with Gasteiger partial charge < -0.3 is 14.6 Å². The Morgan fingerprint density at radius 3 is 1.43 bits per heavy atom. The molecule has 0 amide bonds. The number of halogens is 1. The van der Waals surface area contributed by atoms with E-state index in [1.54, 1.807) is 48.5 Å². The zero-order chi connectivity index (χ0) is 30.7. The number of benzene rings is 4. The van der Waals surface area contributed by atoms with Crippen molar-refractivity contribution in [3.8, 4) is 17.2 Å². The maximum absolute atomic E-state index is 14.0. The average molecular weight is 630 g/mol. The molecule has 0 unspecified atom stereocenters. The molecule has 0 bridgehead atoms.